The van der Waals surface area contributed by atoms with E-state index in [0.29, 0.717) is 17.1 Å². The van der Waals surface area contributed by atoms with Gasteiger partial charge in [0, 0.05) is 18.6 Å². The molecule has 0 bridgehead atoms. The van der Waals surface area contributed by atoms with Gasteiger partial charge in [-0.3, -0.25) is 0 Å². The van der Waals surface area contributed by atoms with Crippen molar-refractivity contribution in [2.45, 2.75) is 18.7 Å². The molecule has 0 amide bonds. The summed E-state index contributed by atoms with van der Waals surface area (Å²) in [5, 5.41) is 0. The van der Waals surface area contributed by atoms with Gasteiger partial charge in [-0.15, -0.1) is 0 Å². The first-order valence-electron chi connectivity index (χ1n) is 6.19. The Kier molecular flexibility index (Phi) is 3.87. The van der Waals surface area contributed by atoms with Crippen LogP contribution in [0.1, 0.15) is 21.7 Å². The zero-order chi connectivity index (χ0) is 15.8. The molecule has 0 atom stereocenters. The number of sulfone groups is 1. The number of carbonyl (C=O) groups is 1. The van der Waals surface area contributed by atoms with E-state index < -0.39 is 15.8 Å². The number of hydrogen-bond donors (Lipinski definition) is 0. The number of rotatable bonds is 3. The Morgan fingerprint density at radius 3 is 2.43 bits per heavy atom. The van der Waals surface area contributed by atoms with Crippen LogP contribution in [0.25, 0.3) is 5.69 Å². The Morgan fingerprint density at radius 1 is 1.29 bits per heavy atom. The molecule has 21 heavy (non-hydrogen) atoms. The number of carbonyl (C=O) groups excluding carboxylic acids is 1. The van der Waals surface area contributed by atoms with Crippen molar-refractivity contribution in [3.8, 4) is 5.69 Å². The Labute approximate surface area is 123 Å². The third-order valence-corrected chi connectivity index (χ3v) is 4.50. The van der Waals surface area contributed by atoms with Crippen LogP contribution in [-0.2, 0) is 14.6 Å². The number of aryl methyl sites for hydroxylation is 1. The fourth-order valence-electron chi connectivity index (χ4n) is 2.30. The van der Waals surface area contributed by atoms with Gasteiger partial charge in [-0.05, 0) is 31.5 Å². The lowest BCUT2D eigenvalue weighted by atomic mass is 10.1. The summed E-state index contributed by atoms with van der Waals surface area (Å²) in [6.45, 7) is 3.37. The molecule has 1 aromatic heterocycles. The fourth-order valence-corrected chi connectivity index (χ4v) is 3.51. The molecule has 0 fully saturated rings. The molecule has 7 heteroatoms. The summed E-state index contributed by atoms with van der Waals surface area (Å²) in [6.07, 6.45) is 4.38. The first kappa shape index (κ1) is 15.2. The molecule has 0 unspecified atom stereocenters. The van der Waals surface area contributed by atoms with E-state index in [1.807, 2.05) is 0 Å². The number of hydrogen-bond acceptors (Lipinski definition) is 5. The Balaban J connectivity index is 2.83. The summed E-state index contributed by atoms with van der Waals surface area (Å²) in [6, 6.07) is 3.15. The maximum atomic E-state index is 12.2. The van der Waals surface area contributed by atoms with Crippen LogP contribution in [0.15, 0.2) is 29.4 Å². The summed E-state index contributed by atoms with van der Waals surface area (Å²) in [5.74, 6) is 0.0939. The van der Waals surface area contributed by atoms with Gasteiger partial charge in [-0.2, -0.15) is 0 Å². The van der Waals surface area contributed by atoms with Gasteiger partial charge in [0.05, 0.1) is 23.3 Å². The molecular formula is C14H16N2O4S. The molecule has 0 radical (unpaired) electrons. The van der Waals surface area contributed by atoms with E-state index in [4.69, 9.17) is 0 Å². The summed E-state index contributed by atoms with van der Waals surface area (Å²) in [5.41, 5.74) is 1.08. The molecule has 2 aromatic rings. The molecule has 1 heterocycles. The van der Waals surface area contributed by atoms with Crippen LogP contribution < -0.4 is 0 Å². The van der Waals surface area contributed by atoms with E-state index in [1.165, 1.54) is 7.11 Å². The van der Waals surface area contributed by atoms with Crippen LogP contribution >= 0.6 is 0 Å². The maximum absolute atomic E-state index is 12.2. The van der Waals surface area contributed by atoms with Crippen LogP contribution in [0.2, 0.25) is 0 Å². The quantitative estimate of drug-likeness (QED) is 0.806. The standard InChI is InChI=1S/C14H16N2O4S/c1-9-11(14(17)20-3)5-6-12(13(9)21(4,18)19)16-8-7-15-10(16)2/h5-8H,1-4H3. The van der Waals surface area contributed by atoms with Crippen LogP contribution in [0.5, 0.6) is 0 Å². The van der Waals surface area contributed by atoms with Gasteiger partial charge in [-0.25, -0.2) is 18.2 Å². The summed E-state index contributed by atoms with van der Waals surface area (Å²) >= 11 is 0. The minimum absolute atomic E-state index is 0.103. The van der Waals surface area contributed by atoms with E-state index >= 15 is 0 Å². The van der Waals surface area contributed by atoms with Gasteiger partial charge >= 0.3 is 5.97 Å². The van der Waals surface area contributed by atoms with E-state index in [0.717, 1.165) is 6.26 Å². The van der Waals surface area contributed by atoms with Crippen molar-refractivity contribution in [1.29, 1.82) is 0 Å². The number of imidazole rings is 1. The third kappa shape index (κ3) is 2.69. The number of methoxy groups -OCH3 is 1. The van der Waals surface area contributed by atoms with Crippen molar-refractivity contribution in [3.63, 3.8) is 0 Å². The highest BCUT2D eigenvalue weighted by Gasteiger charge is 2.23. The van der Waals surface area contributed by atoms with E-state index in [1.54, 1.807) is 42.9 Å². The molecule has 1 aromatic carbocycles. The number of nitrogens with zero attached hydrogens (tertiary/aromatic N) is 2. The molecule has 0 aliphatic heterocycles. The number of ether oxygens (including phenoxy) is 1. The van der Waals surface area contributed by atoms with Gasteiger partial charge < -0.3 is 9.30 Å². The van der Waals surface area contributed by atoms with Crippen molar-refractivity contribution in [2.75, 3.05) is 13.4 Å². The first-order valence-corrected chi connectivity index (χ1v) is 8.08. The van der Waals surface area contributed by atoms with E-state index in [-0.39, 0.29) is 10.5 Å². The van der Waals surface area contributed by atoms with Gasteiger partial charge in [0.2, 0.25) is 0 Å². The lowest BCUT2D eigenvalue weighted by Crippen LogP contribution is -2.13. The van der Waals surface area contributed by atoms with Gasteiger partial charge in [0.1, 0.15) is 5.82 Å². The smallest absolute Gasteiger partial charge is 0.338 e. The normalized spacial score (nSPS) is 11.4. The molecule has 0 spiro atoms. The lowest BCUT2D eigenvalue weighted by molar-refractivity contribution is 0.0599. The van der Waals surface area contributed by atoms with Crippen molar-refractivity contribution in [3.05, 3.63) is 41.5 Å². The molecule has 112 valence electrons. The van der Waals surface area contributed by atoms with Crippen molar-refractivity contribution >= 4 is 15.8 Å². The predicted molar refractivity (Wildman–Crippen MR) is 77.5 cm³/mol. The monoisotopic (exact) mass is 308 g/mol. The molecule has 2 rings (SSSR count). The largest absolute Gasteiger partial charge is 0.465 e. The third-order valence-electron chi connectivity index (χ3n) is 3.25. The van der Waals surface area contributed by atoms with Crippen LogP contribution in [0.4, 0.5) is 0 Å². The Hall–Kier alpha value is -2.15. The predicted octanol–water partition coefficient (Wildman–Crippen LogP) is 1.68. The minimum atomic E-state index is -3.53. The highest BCUT2D eigenvalue weighted by atomic mass is 32.2. The maximum Gasteiger partial charge on any atom is 0.338 e. The highest BCUT2D eigenvalue weighted by Crippen LogP contribution is 2.28. The summed E-state index contributed by atoms with van der Waals surface area (Å²) in [4.78, 5) is 15.9. The zero-order valence-electron chi connectivity index (χ0n) is 12.2. The Bertz CT molecular complexity index is 806. The fraction of sp³-hybridized carbons (Fsp3) is 0.286. The molecule has 0 aliphatic rings. The topological polar surface area (TPSA) is 78.3 Å². The number of benzene rings is 1. The van der Waals surface area contributed by atoms with Gasteiger partial charge in [-0.1, -0.05) is 0 Å². The molecule has 0 saturated carbocycles. The lowest BCUT2D eigenvalue weighted by Gasteiger charge is -2.15. The average Bonchev–Trinajstić information content (AvgIpc) is 2.82. The van der Waals surface area contributed by atoms with E-state index in [2.05, 4.69) is 9.72 Å². The van der Waals surface area contributed by atoms with Crippen molar-refractivity contribution in [1.82, 2.24) is 9.55 Å². The summed E-state index contributed by atoms with van der Waals surface area (Å²) < 4.78 is 30.7. The molecule has 0 N–H and O–H groups in total. The second kappa shape index (κ2) is 5.33. The Morgan fingerprint density at radius 2 is 1.95 bits per heavy atom. The van der Waals surface area contributed by atoms with Crippen LogP contribution in [0, 0.1) is 13.8 Å². The zero-order valence-corrected chi connectivity index (χ0v) is 13.1. The number of esters is 1. The summed E-state index contributed by atoms with van der Waals surface area (Å²) in [7, 11) is -2.27. The SMILES string of the molecule is COC(=O)c1ccc(-n2ccnc2C)c(S(C)(=O)=O)c1C. The van der Waals surface area contributed by atoms with Gasteiger partial charge in [0.15, 0.2) is 9.84 Å². The molecule has 0 saturated heterocycles. The van der Waals surface area contributed by atoms with Crippen LogP contribution in [0.3, 0.4) is 0 Å². The molecule has 6 nitrogen and oxygen atoms in total. The first-order chi connectivity index (χ1) is 9.77. The van der Waals surface area contributed by atoms with Crippen molar-refractivity contribution < 1.29 is 17.9 Å². The number of aromatic nitrogens is 2. The second-order valence-electron chi connectivity index (χ2n) is 4.69. The molecular weight excluding hydrogens is 292 g/mol. The van der Waals surface area contributed by atoms with Crippen LogP contribution in [-0.4, -0.2) is 37.3 Å². The van der Waals surface area contributed by atoms with Crippen molar-refractivity contribution in [2.24, 2.45) is 0 Å². The second-order valence-corrected chi connectivity index (χ2v) is 6.65. The highest BCUT2D eigenvalue weighted by molar-refractivity contribution is 7.90. The molecule has 0 aliphatic carbocycles. The van der Waals surface area contributed by atoms with E-state index in [9.17, 15) is 13.2 Å². The average molecular weight is 308 g/mol. The van der Waals surface area contributed by atoms with Gasteiger partial charge in [0.25, 0.3) is 0 Å². The minimum Gasteiger partial charge on any atom is -0.465 e.